The maximum Gasteiger partial charge on any atom is 0.0626 e. The van der Waals surface area contributed by atoms with Crippen molar-refractivity contribution in [2.75, 3.05) is 0 Å². The molecule has 9 rings (SSSR count). The van der Waals surface area contributed by atoms with Crippen molar-refractivity contribution in [3.63, 3.8) is 0 Å². The molecule has 0 fully saturated rings. The van der Waals surface area contributed by atoms with Crippen molar-refractivity contribution in [3.05, 3.63) is 140 Å². The Labute approximate surface area is 225 Å². The molecule has 0 radical (unpaired) electrons. The van der Waals surface area contributed by atoms with Crippen LogP contribution in [0.15, 0.2) is 140 Å². The van der Waals surface area contributed by atoms with E-state index in [-0.39, 0.29) is 0 Å². The van der Waals surface area contributed by atoms with Crippen molar-refractivity contribution in [2.45, 2.75) is 0 Å². The number of hydrogen-bond donors (Lipinski definition) is 0. The van der Waals surface area contributed by atoms with E-state index in [1.54, 1.807) is 0 Å². The molecule has 0 saturated heterocycles. The molecule has 0 bridgehead atoms. The molecule has 0 aliphatic rings. The van der Waals surface area contributed by atoms with Crippen molar-refractivity contribution in [3.8, 4) is 5.69 Å². The van der Waals surface area contributed by atoms with Gasteiger partial charge in [-0.15, -0.1) is 0 Å². The first-order valence-corrected chi connectivity index (χ1v) is 13.5. The zero-order valence-corrected chi connectivity index (χ0v) is 21.2. The van der Waals surface area contributed by atoms with Gasteiger partial charge in [0.05, 0.1) is 16.7 Å². The van der Waals surface area contributed by atoms with Gasteiger partial charge in [0.15, 0.2) is 0 Å². The summed E-state index contributed by atoms with van der Waals surface area (Å²) in [6.07, 6.45) is 0. The highest BCUT2D eigenvalue weighted by atomic mass is 15.0. The van der Waals surface area contributed by atoms with Crippen LogP contribution in [0, 0.1) is 0 Å². The van der Waals surface area contributed by atoms with Gasteiger partial charge in [0.2, 0.25) is 0 Å². The minimum Gasteiger partial charge on any atom is -0.307 e. The minimum absolute atomic E-state index is 1.22. The summed E-state index contributed by atoms with van der Waals surface area (Å²) in [6.45, 7) is 0. The number of nitrogens with zero attached hydrogens (tertiary/aromatic N) is 1. The Morgan fingerprint density at radius 1 is 0.308 bits per heavy atom. The molecule has 0 unspecified atom stereocenters. The van der Waals surface area contributed by atoms with Gasteiger partial charge >= 0.3 is 0 Å². The SMILES string of the molecule is c1ccc2c(c1)cc(-n1c3c4ccccc4ccc3c3c4ccccc4c4ccccc4c31)c1ccccc12. The summed E-state index contributed by atoms with van der Waals surface area (Å²) in [5.41, 5.74) is 3.77. The Bertz CT molecular complexity index is 2440. The molecule has 8 aromatic carbocycles. The molecule has 0 N–H and O–H groups in total. The number of hydrogen-bond acceptors (Lipinski definition) is 0. The van der Waals surface area contributed by atoms with Crippen LogP contribution in [0.1, 0.15) is 0 Å². The molecule has 9 aromatic rings. The summed E-state index contributed by atoms with van der Waals surface area (Å²) < 4.78 is 2.57. The van der Waals surface area contributed by atoms with Crippen molar-refractivity contribution < 1.29 is 0 Å². The third-order valence-electron chi connectivity index (χ3n) is 8.51. The van der Waals surface area contributed by atoms with Crippen LogP contribution in [0.5, 0.6) is 0 Å². The van der Waals surface area contributed by atoms with Crippen molar-refractivity contribution in [1.29, 1.82) is 0 Å². The molecule has 0 aliphatic heterocycles. The van der Waals surface area contributed by atoms with Gasteiger partial charge in [-0.1, -0.05) is 133 Å². The lowest BCUT2D eigenvalue weighted by Crippen LogP contribution is -1.97. The van der Waals surface area contributed by atoms with Crippen molar-refractivity contribution in [2.24, 2.45) is 0 Å². The quantitative estimate of drug-likeness (QED) is 0.200. The molecular weight excluding hydrogens is 470 g/mol. The van der Waals surface area contributed by atoms with E-state index in [1.807, 2.05) is 0 Å². The molecule has 0 aliphatic carbocycles. The Hall–Kier alpha value is -5.14. The fourth-order valence-corrected chi connectivity index (χ4v) is 6.90. The van der Waals surface area contributed by atoms with Gasteiger partial charge in [-0.25, -0.2) is 0 Å². The summed E-state index contributed by atoms with van der Waals surface area (Å²) in [5, 5.41) is 15.4. The molecule has 0 amide bonds. The van der Waals surface area contributed by atoms with E-state index in [0.29, 0.717) is 0 Å². The van der Waals surface area contributed by atoms with Gasteiger partial charge in [-0.3, -0.25) is 0 Å². The van der Waals surface area contributed by atoms with Crippen LogP contribution >= 0.6 is 0 Å². The Balaban J connectivity index is 1.66. The smallest absolute Gasteiger partial charge is 0.0626 e. The summed E-state index contributed by atoms with van der Waals surface area (Å²) in [7, 11) is 0. The lowest BCUT2D eigenvalue weighted by molar-refractivity contribution is 1.22. The fourth-order valence-electron chi connectivity index (χ4n) is 6.90. The van der Waals surface area contributed by atoms with Crippen LogP contribution in [0.3, 0.4) is 0 Å². The van der Waals surface area contributed by atoms with Gasteiger partial charge in [0.25, 0.3) is 0 Å². The molecule has 0 saturated carbocycles. The molecule has 1 heteroatoms. The average Bonchev–Trinajstić information content (AvgIpc) is 3.37. The standard InChI is InChI=1S/C38H23N/c1-4-14-27-24(11-1)21-22-34-36-32-19-9-6-16-29(32)30-17-7-10-20-33(30)38(36)39(37(27)34)35-23-25-12-2-3-13-26(25)28-15-5-8-18-31(28)35/h1-23H. The van der Waals surface area contributed by atoms with Crippen LogP contribution in [0.2, 0.25) is 0 Å². The second-order valence-corrected chi connectivity index (χ2v) is 10.5. The van der Waals surface area contributed by atoms with Crippen molar-refractivity contribution >= 4 is 75.7 Å². The van der Waals surface area contributed by atoms with E-state index >= 15 is 0 Å². The first-order chi connectivity index (χ1) is 19.4. The normalized spacial score (nSPS) is 12.1. The molecule has 0 atom stereocenters. The number of fused-ring (bicyclic) bond motifs is 13. The van der Waals surface area contributed by atoms with Crippen LogP contribution in [0.25, 0.3) is 81.4 Å². The predicted octanol–water partition coefficient (Wildman–Crippen LogP) is 10.5. The van der Waals surface area contributed by atoms with Gasteiger partial charge in [0.1, 0.15) is 0 Å². The summed E-state index contributed by atoms with van der Waals surface area (Å²) in [4.78, 5) is 0. The Kier molecular flexibility index (Phi) is 4.11. The van der Waals surface area contributed by atoms with Gasteiger partial charge in [-0.2, -0.15) is 0 Å². The van der Waals surface area contributed by atoms with E-state index < -0.39 is 0 Å². The molecule has 0 spiro atoms. The number of aromatic nitrogens is 1. The summed E-state index contributed by atoms with van der Waals surface area (Å²) in [5.74, 6) is 0. The topological polar surface area (TPSA) is 4.93 Å². The van der Waals surface area contributed by atoms with Gasteiger partial charge in [-0.05, 0) is 43.8 Å². The van der Waals surface area contributed by atoms with Crippen LogP contribution in [-0.2, 0) is 0 Å². The van der Waals surface area contributed by atoms with E-state index in [4.69, 9.17) is 0 Å². The van der Waals surface area contributed by atoms with E-state index in [9.17, 15) is 0 Å². The molecule has 1 nitrogen and oxygen atoms in total. The minimum atomic E-state index is 1.22. The number of benzene rings is 8. The van der Waals surface area contributed by atoms with Crippen LogP contribution in [-0.4, -0.2) is 4.57 Å². The second kappa shape index (κ2) is 7.69. The lowest BCUT2D eigenvalue weighted by Gasteiger charge is -2.16. The van der Waals surface area contributed by atoms with Crippen LogP contribution < -0.4 is 0 Å². The van der Waals surface area contributed by atoms with E-state index in [1.165, 1.54) is 81.4 Å². The van der Waals surface area contributed by atoms with E-state index in [2.05, 4.69) is 144 Å². The summed E-state index contributed by atoms with van der Waals surface area (Å²) >= 11 is 0. The van der Waals surface area contributed by atoms with E-state index in [0.717, 1.165) is 0 Å². The average molecular weight is 494 g/mol. The first kappa shape index (κ1) is 20.9. The monoisotopic (exact) mass is 493 g/mol. The lowest BCUT2D eigenvalue weighted by atomic mass is 9.96. The Morgan fingerprint density at radius 2 is 0.821 bits per heavy atom. The third-order valence-corrected chi connectivity index (χ3v) is 8.51. The highest BCUT2D eigenvalue weighted by Crippen LogP contribution is 2.45. The summed E-state index contributed by atoms with van der Waals surface area (Å²) in [6, 6.07) is 51.3. The fraction of sp³-hybridized carbons (Fsp3) is 0. The second-order valence-electron chi connectivity index (χ2n) is 10.5. The molecule has 180 valence electrons. The van der Waals surface area contributed by atoms with Gasteiger partial charge < -0.3 is 4.57 Å². The zero-order valence-electron chi connectivity index (χ0n) is 21.2. The molecule has 1 aromatic heterocycles. The highest BCUT2D eigenvalue weighted by Gasteiger charge is 2.21. The third kappa shape index (κ3) is 2.74. The molecule has 39 heavy (non-hydrogen) atoms. The number of rotatable bonds is 1. The maximum atomic E-state index is 2.57. The largest absolute Gasteiger partial charge is 0.307 e. The Morgan fingerprint density at radius 3 is 1.56 bits per heavy atom. The van der Waals surface area contributed by atoms with Gasteiger partial charge in [0, 0.05) is 26.9 Å². The predicted molar refractivity (Wildman–Crippen MR) is 168 cm³/mol. The maximum absolute atomic E-state index is 2.57. The zero-order chi connectivity index (χ0) is 25.5. The molecular formula is C38H23N. The van der Waals surface area contributed by atoms with Crippen molar-refractivity contribution in [1.82, 2.24) is 4.57 Å². The molecule has 1 heterocycles. The highest BCUT2D eigenvalue weighted by molar-refractivity contribution is 6.34. The first-order valence-electron chi connectivity index (χ1n) is 13.5. The van der Waals surface area contributed by atoms with Crippen LogP contribution in [0.4, 0.5) is 0 Å².